The summed E-state index contributed by atoms with van der Waals surface area (Å²) >= 11 is 0. The van der Waals surface area contributed by atoms with E-state index in [1.807, 2.05) is 0 Å². The first kappa shape index (κ1) is 18.0. The Morgan fingerprint density at radius 3 is 2.25 bits per heavy atom. The molecule has 2 nitrogen and oxygen atoms in total. The van der Waals surface area contributed by atoms with Crippen molar-refractivity contribution in [1.29, 1.82) is 0 Å². The van der Waals surface area contributed by atoms with Crippen LogP contribution in [0.3, 0.4) is 0 Å². The quantitative estimate of drug-likeness (QED) is 0.538. The Bertz CT molecular complexity index is 213. The molecule has 2 unspecified atom stereocenters. The number of rotatable bonds is 11. The molecule has 0 amide bonds. The van der Waals surface area contributed by atoms with Gasteiger partial charge in [-0.05, 0) is 32.1 Å². The summed E-state index contributed by atoms with van der Waals surface area (Å²) < 4.78 is 6.01. The standard InChI is InChI=1S/C18H37NO/c1-3-5-6-7-8-12-15-17(19)18(20-4-2)16-13-10-9-11-14-16/h16-18H,3-15,19H2,1-2H3. The van der Waals surface area contributed by atoms with Gasteiger partial charge >= 0.3 is 0 Å². The molecule has 0 aromatic carbocycles. The van der Waals surface area contributed by atoms with Crippen LogP contribution in [0.1, 0.15) is 90.9 Å². The molecular weight excluding hydrogens is 246 g/mol. The van der Waals surface area contributed by atoms with Gasteiger partial charge in [-0.15, -0.1) is 0 Å². The van der Waals surface area contributed by atoms with Gasteiger partial charge in [0.25, 0.3) is 0 Å². The van der Waals surface area contributed by atoms with E-state index in [2.05, 4.69) is 13.8 Å². The van der Waals surface area contributed by atoms with Gasteiger partial charge < -0.3 is 10.5 Å². The Morgan fingerprint density at radius 1 is 0.950 bits per heavy atom. The van der Waals surface area contributed by atoms with Crippen LogP contribution in [0.5, 0.6) is 0 Å². The highest BCUT2D eigenvalue weighted by Gasteiger charge is 2.28. The van der Waals surface area contributed by atoms with E-state index in [0.717, 1.165) is 18.9 Å². The van der Waals surface area contributed by atoms with E-state index in [0.29, 0.717) is 6.10 Å². The number of unbranched alkanes of at least 4 members (excludes halogenated alkanes) is 5. The summed E-state index contributed by atoms with van der Waals surface area (Å²) in [5, 5.41) is 0. The van der Waals surface area contributed by atoms with Crippen LogP contribution in [-0.2, 0) is 4.74 Å². The highest BCUT2D eigenvalue weighted by atomic mass is 16.5. The average molecular weight is 284 g/mol. The third kappa shape index (κ3) is 7.08. The van der Waals surface area contributed by atoms with Gasteiger partial charge in [0.15, 0.2) is 0 Å². The number of ether oxygens (including phenoxy) is 1. The fraction of sp³-hybridized carbons (Fsp3) is 1.00. The lowest BCUT2D eigenvalue weighted by atomic mass is 9.81. The van der Waals surface area contributed by atoms with Crippen molar-refractivity contribution in [3.8, 4) is 0 Å². The fourth-order valence-electron chi connectivity index (χ4n) is 3.59. The third-order valence-corrected chi connectivity index (χ3v) is 4.79. The van der Waals surface area contributed by atoms with Crippen LogP contribution in [0.15, 0.2) is 0 Å². The molecule has 2 heteroatoms. The van der Waals surface area contributed by atoms with Gasteiger partial charge in [0.1, 0.15) is 0 Å². The maximum absolute atomic E-state index is 6.45. The van der Waals surface area contributed by atoms with Gasteiger partial charge in [-0.25, -0.2) is 0 Å². The van der Waals surface area contributed by atoms with E-state index in [1.54, 1.807) is 0 Å². The Morgan fingerprint density at radius 2 is 1.60 bits per heavy atom. The molecule has 0 aromatic rings. The van der Waals surface area contributed by atoms with Gasteiger partial charge in [-0.2, -0.15) is 0 Å². The Balaban J connectivity index is 2.22. The Kier molecular flexibility index (Phi) is 10.4. The summed E-state index contributed by atoms with van der Waals surface area (Å²) in [7, 11) is 0. The van der Waals surface area contributed by atoms with Crippen molar-refractivity contribution in [3.63, 3.8) is 0 Å². The van der Waals surface area contributed by atoms with E-state index in [4.69, 9.17) is 10.5 Å². The Hall–Kier alpha value is -0.0800. The minimum absolute atomic E-state index is 0.254. The molecule has 2 N–H and O–H groups in total. The molecular formula is C18H37NO. The van der Waals surface area contributed by atoms with Gasteiger partial charge in [-0.3, -0.25) is 0 Å². The summed E-state index contributed by atoms with van der Waals surface area (Å²) in [6.45, 7) is 5.19. The zero-order valence-electron chi connectivity index (χ0n) is 13.9. The smallest absolute Gasteiger partial charge is 0.0753 e. The van der Waals surface area contributed by atoms with Gasteiger partial charge in [0, 0.05) is 12.6 Å². The second-order valence-electron chi connectivity index (χ2n) is 6.54. The molecule has 0 spiro atoms. The van der Waals surface area contributed by atoms with E-state index in [9.17, 15) is 0 Å². The molecule has 120 valence electrons. The summed E-state index contributed by atoms with van der Waals surface area (Å²) in [6, 6.07) is 0.254. The van der Waals surface area contributed by atoms with Gasteiger partial charge in [0.2, 0.25) is 0 Å². The molecule has 0 aromatic heterocycles. The van der Waals surface area contributed by atoms with Crippen molar-refractivity contribution in [2.75, 3.05) is 6.61 Å². The molecule has 0 aliphatic heterocycles. The summed E-state index contributed by atoms with van der Waals surface area (Å²) in [5.41, 5.74) is 6.45. The fourth-order valence-corrected chi connectivity index (χ4v) is 3.59. The SMILES string of the molecule is CCCCCCCCC(N)C(OCC)C1CCCCC1. The zero-order chi connectivity index (χ0) is 14.6. The molecule has 1 fully saturated rings. The van der Waals surface area contributed by atoms with Crippen LogP contribution < -0.4 is 5.73 Å². The summed E-state index contributed by atoms with van der Waals surface area (Å²) in [6.07, 6.45) is 16.4. The number of hydrogen-bond donors (Lipinski definition) is 1. The number of hydrogen-bond acceptors (Lipinski definition) is 2. The van der Waals surface area contributed by atoms with Gasteiger partial charge in [-0.1, -0.05) is 64.7 Å². The van der Waals surface area contributed by atoms with Crippen molar-refractivity contribution in [1.82, 2.24) is 0 Å². The molecule has 20 heavy (non-hydrogen) atoms. The molecule has 0 heterocycles. The van der Waals surface area contributed by atoms with E-state index in [1.165, 1.54) is 70.6 Å². The molecule has 1 aliphatic carbocycles. The largest absolute Gasteiger partial charge is 0.377 e. The van der Waals surface area contributed by atoms with Crippen LogP contribution >= 0.6 is 0 Å². The predicted molar refractivity (Wildman–Crippen MR) is 88.0 cm³/mol. The second kappa shape index (κ2) is 11.6. The first-order valence-corrected chi connectivity index (χ1v) is 9.16. The zero-order valence-corrected chi connectivity index (χ0v) is 13.9. The lowest BCUT2D eigenvalue weighted by molar-refractivity contribution is -0.0113. The molecule has 0 saturated heterocycles. The minimum Gasteiger partial charge on any atom is -0.377 e. The lowest BCUT2D eigenvalue weighted by Crippen LogP contribution is -2.42. The number of nitrogens with two attached hydrogens (primary N) is 1. The highest BCUT2D eigenvalue weighted by molar-refractivity contribution is 4.82. The predicted octanol–water partition coefficient (Wildman–Crippen LogP) is 5.05. The van der Waals surface area contributed by atoms with Crippen molar-refractivity contribution in [3.05, 3.63) is 0 Å². The molecule has 2 atom stereocenters. The molecule has 0 radical (unpaired) electrons. The van der Waals surface area contributed by atoms with Crippen molar-refractivity contribution in [2.24, 2.45) is 11.7 Å². The topological polar surface area (TPSA) is 35.2 Å². The normalized spacial score (nSPS) is 19.9. The van der Waals surface area contributed by atoms with E-state index < -0.39 is 0 Å². The molecule has 1 rings (SSSR count). The summed E-state index contributed by atoms with van der Waals surface area (Å²) in [5.74, 6) is 0.721. The van der Waals surface area contributed by atoms with Crippen LogP contribution in [-0.4, -0.2) is 18.8 Å². The molecule has 0 bridgehead atoms. The molecule has 1 aliphatic rings. The maximum atomic E-state index is 6.45. The van der Waals surface area contributed by atoms with Crippen molar-refractivity contribution >= 4 is 0 Å². The minimum atomic E-state index is 0.254. The van der Waals surface area contributed by atoms with E-state index in [-0.39, 0.29) is 6.04 Å². The van der Waals surface area contributed by atoms with Crippen LogP contribution in [0.25, 0.3) is 0 Å². The van der Waals surface area contributed by atoms with Crippen molar-refractivity contribution in [2.45, 2.75) is 103 Å². The van der Waals surface area contributed by atoms with Crippen LogP contribution in [0.4, 0.5) is 0 Å². The lowest BCUT2D eigenvalue weighted by Gasteiger charge is -2.34. The van der Waals surface area contributed by atoms with Gasteiger partial charge in [0.05, 0.1) is 6.10 Å². The van der Waals surface area contributed by atoms with Crippen LogP contribution in [0, 0.1) is 5.92 Å². The first-order valence-electron chi connectivity index (χ1n) is 9.16. The van der Waals surface area contributed by atoms with Crippen LogP contribution in [0.2, 0.25) is 0 Å². The third-order valence-electron chi connectivity index (χ3n) is 4.79. The second-order valence-corrected chi connectivity index (χ2v) is 6.54. The Labute approximate surface area is 126 Å². The maximum Gasteiger partial charge on any atom is 0.0753 e. The monoisotopic (exact) mass is 283 g/mol. The average Bonchev–Trinajstić information content (AvgIpc) is 2.49. The van der Waals surface area contributed by atoms with E-state index >= 15 is 0 Å². The molecule has 1 saturated carbocycles. The van der Waals surface area contributed by atoms with Crippen molar-refractivity contribution < 1.29 is 4.74 Å². The first-order chi connectivity index (χ1) is 9.79. The summed E-state index contributed by atoms with van der Waals surface area (Å²) in [4.78, 5) is 0. The highest BCUT2D eigenvalue weighted by Crippen LogP contribution is 2.30.